The maximum absolute atomic E-state index is 12.4. The Labute approximate surface area is 162 Å². The van der Waals surface area contributed by atoms with Gasteiger partial charge in [0.15, 0.2) is 5.76 Å². The Morgan fingerprint density at radius 1 is 0.964 bits per heavy atom. The molecule has 0 atom stereocenters. The largest absolute Gasteiger partial charge is 0.451 e. The summed E-state index contributed by atoms with van der Waals surface area (Å²) in [6.45, 7) is 1.75. The molecule has 0 aliphatic rings. The normalized spacial score (nSPS) is 11.6. The maximum Gasteiger partial charge on any atom is 0.305 e. The van der Waals surface area contributed by atoms with Gasteiger partial charge in [-0.05, 0) is 31.2 Å². The van der Waals surface area contributed by atoms with E-state index in [0.717, 1.165) is 9.69 Å². The van der Waals surface area contributed by atoms with Crippen molar-refractivity contribution in [2.75, 3.05) is 14.1 Å². The Bertz CT molecular complexity index is 1170. The van der Waals surface area contributed by atoms with Crippen LogP contribution in [0.25, 0.3) is 11.0 Å². The second-order valence-electron chi connectivity index (χ2n) is 6.28. The third-order valence-electron chi connectivity index (χ3n) is 4.21. The van der Waals surface area contributed by atoms with Gasteiger partial charge in [-0.15, -0.1) is 0 Å². The number of carbonyl (C=O) groups excluding carboxylic acids is 2. The zero-order valence-electron chi connectivity index (χ0n) is 15.5. The van der Waals surface area contributed by atoms with Crippen molar-refractivity contribution >= 4 is 32.8 Å². The molecule has 0 bridgehead atoms. The Hall–Kier alpha value is -3.17. The van der Waals surface area contributed by atoms with E-state index in [1.54, 1.807) is 19.1 Å². The average Bonchev–Trinajstić information content (AvgIpc) is 3.03. The molecule has 28 heavy (non-hydrogen) atoms. The number of amides is 2. The number of sulfonamides is 1. The number of hydrogen-bond acceptors (Lipinski definition) is 5. The van der Waals surface area contributed by atoms with Gasteiger partial charge in [0.2, 0.25) is 10.0 Å². The van der Waals surface area contributed by atoms with Gasteiger partial charge in [-0.1, -0.05) is 24.3 Å². The molecule has 146 valence electrons. The Morgan fingerprint density at radius 2 is 1.64 bits per heavy atom. The molecule has 0 aliphatic heterocycles. The molecule has 8 nitrogen and oxygen atoms in total. The summed E-state index contributed by atoms with van der Waals surface area (Å²) in [6.07, 6.45) is 0. The number of aryl methyl sites for hydroxylation is 1. The van der Waals surface area contributed by atoms with Gasteiger partial charge in [-0.25, -0.2) is 12.7 Å². The zero-order chi connectivity index (χ0) is 20.5. The van der Waals surface area contributed by atoms with Crippen LogP contribution in [-0.4, -0.2) is 38.6 Å². The van der Waals surface area contributed by atoms with E-state index in [1.165, 1.54) is 38.4 Å². The number of hydrogen-bond donors (Lipinski definition) is 2. The second-order valence-corrected chi connectivity index (χ2v) is 8.43. The summed E-state index contributed by atoms with van der Waals surface area (Å²) in [4.78, 5) is 24.7. The first-order chi connectivity index (χ1) is 13.2. The number of fused-ring (bicyclic) bond motifs is 1. The van der Waals surface area contributed by atoms with Crippen LogP contribution in [0.4, 0.5) is 0 Å². The first-order valence-electron chi connectivity index (χ1n) is 8.33. The summed E-state index contributed by atoms with van der Waals surface area (Å²) in [7, 11) is -0.875. The minimum atomic E-state index is -3.68. The van der Waals surface area contributed by atoms with Gasteiger partial charge in [0, 0.05) is 30.6 Å². The molecule has 2 N–H and O–H groups in total. The number of rotatable bonds is 4. The summed E-state index contributed by atoms with van der Waals surface area (Å²) in [5.41, 5.74) is 5.87. The van der Waals surface area contributed by atoms with Crippen LogP contribution in [0, 0.1) is 6.92 Å². The SMILES string of the molecule is Cc1c(C(=O)NNC(=O)c2cccc(S(=O)(=O)N(C)C)c2)oc2ccccc12. The van der Waals surface area contributed by atoms with Crippen LogP contribution in [0.1, 0.15) is 26.5 Å². The molecule has 2 amide bonds. The van der Waals surface area contributed by atoms with Crippen LogP contribution in [0.2, 0.25) is 0 Å². The van der Waals surface area contributed by atoms with Crippen molar-refractivity contribution in [2.45, 2.75) is 11.8 Å². The summed E-state index contributed by atoms with van der Waals surface area (Å²) in [5, 5.41) is 0.806. The quantitative estimate of drug-likeness (QED) is 0.651. The summed E-state index contributed by atoms with van der Waals surface area (Å²) in [6, 6.07) is 12.7. The van der Waals surface area contributed by atoms with Crippen LogP contribution in [0.3, 0.4) is 0 Å². The van der Waals surface area contributed by atoms with Crippen molar-refractivity contribution in [1.82, 2.24) is 15.2 Å². The lowest BCUT2D eigenvalue weighted by Crippen LogP contribution is -2.41. The van der Waals surface area contributed by atoms with Gasteiger partial charge < -0.3 is 4.42 Å². The van der Waals surface area contributed by atoms with E-state index in [2.05, 4.69) is 10.9 Å². The third-order valence-corrected chi connectivity index (χ3v) is 6.03. The lowest BCUT2D eigenvalue weighted by atomic mass is 10.1. The minimum absolute atomic E-state index is 0.0235. The molecule has 0 aliphatic carbocycles. The van der Waals surface area contributed by atoms with Gasteiger partial charge in [0.1, 0.15) is 5.58 Å². The monoisotopic (exact) mass is 401 g/mol. The van der Waals surface area contributed by atoms with Crippen LogP contribution < -0.4 is 10.9 Å². The fraction of sp³-hybridized carbons (Fsp3) is 0.158. The fourth-order valence-electron chi connectivity index (χ4n) is 2.64. The van der Waals surface area contributed by atoms with Crippen LogP contribution in [0.5, 0.6) is 0 Å². The zero-order valence-corrected chi connectivity index (χ0v) is 16.3. The van der Waals surface area contributed by atoms with Crippen LogP contribution in [0.15, 0.2) is 57.8 Å². The van der Waals surface area contributed by atoms with Crippen molar-refractivity contribution in [3.8, 4) is 0 Å². The van der Waals surface area contributed by atoms with E-state index in [1.807, 2.05) is 12.1 Å². The number of para-hydroxylation sites is 1. The molecule has 1 aromatic heterocycles. The fourth-order valence-corrected chi connectivity index (χ4v) is 3.59. The number of hydrazine groups is 1. The number of carbonyl (C=O) groups is 2. The highest BCUT2D eigenvalue weighted by Gasteiger charge is 2.20. The number of nitrogens with one attached hydrogen (secondary N) is 2. The number of benzene rings is 2. The third kappa shape index (κ3) is 3.62. The average molecular weight is 401 g/mol. The summed E-state index contributed by atoms with van der Waals surface area (Å²) in [5.74, 6) is -1.18. The van der Waals surface area contributed by atoms with Crippen LogP contribution >= 0.6 is 0 Å². The van der Waals surface area contributed by atoms with Crippen LogP contribution in [-0.2, 0) is 10.0 Å². The molecule has 0 saturated heterocycles. The molecule has 3 rings (SSSR count). The standard InChI is InChI=1S/C19H19N3O5S/c1-12-15-9-4-5-10-16(15)27-17(12)19(24)21-20-18(23)13-7-6-8-14(11-13)28(25,26)22(2)3/h4-11H,1-3H3,(H,20,23)(H,21,24). The topological polar surface area (TPSA) is 109 Å². The van der Waals surface area contributed by atoms with Crippen molar-refractivity contribution in [2.24, 2.45) is 0 Å². The maximum atomic E-state index is 12.4. The van der Waals surface area contributed by atoms with Gasteiger partial charge >= 0.3 is 5.91 Å². The highest BCUT2D eigenvalue weighted by molar-refractivity contribution is 7.89. The Kier molecular flexibility index (Phi) is 5.21. The van der Waals surface area contributed by atoms with E-state index in [0.29, 0.717) is 11.1 Å². The minimum Gasteiger partial charge on any atom is -0.451 e. The van der Waals surface area contributed by atoms with E-state index >= 15 is 0 Å². The van der Waals surface area contributed by atoms with Crippen molar-refractivity contribution in [3.05, 3.63) is 65.4 Å². The molecular formula is C19H19N3O5S. The molecule has 1 heterocycles. The summed E-state index contributed by atoms with van der Waals surface area (Å²) >= 11 is 0. The first kappa shape index (κ1) is 19.6. The van der Waals surface area contributed by atoms with Crippen molar-refractivity contribution < 1.29 is 22.4 Å². The molecule has 0 unspecified atom stereocenters. The predicted molar refractivity (Wildman–Crippen MR) is 103 cm³/mol. The van der Waals surface area contributed by atoms with Gasteiger partial charge in [0.25, 0.3) is 5.91 Å². The Balaban J connectivity index is 1.75. The number of nitrogens with zero attached hydrogens (tertiary/aromatic N) is 1. The molecule has 2 aromatic carbocycles. The first-order valence-corrected chi connectivity index (χ1v) is 9.77. The molecule has 3 aromatic rings. The van der Waals surface area contributed by atoms with Gasteiger partial charge in [-0.3, -0.25) is 20.4 Å². The molecule has 0 saturated carbocycles. The highest BCUT2D eigenvalue weighted by Crippen LogP contribution is 2.24. The number of furan rings is 1. The van der Waals surface area contributed by atoms with Gasteiger partial charge in [0.05, 0.1) is 4.90 Å². The Morgan fingerprint density at radius 3 is 2.32 bits per heavy atom. The van der Waals surface area contributed by atoms with Gasteiger partial charge in [-0.2, -0.15) is 0 Å². The van der Waals surface area contributed by atoms with E-state index in [4.69, 9.17) is 4.42 Å². The smallest absolute Gasteiger partial charge is 0.305 e. The molecule has 9 heteroatoms. The second kappa shape index (κ2) is 7.45. The van der Waals surface area contributed by atoms with Crippen molar-refractivity contribution in [1.29, 1.82) is 0 Å². The van der Waals surface area contributed by atoms with E-state index in [-0.39, 0.29) is 16.2 Å². The molecule has 0 radical (unpaired) electrons. The predicted octanol–water partition coefficient (Wildman–Crippen LogP) is 2.07. The van der Waals surface area contributed by atoms with E-state index < -0.39 is 21.8 Å². The lowest BCUT2D eigenvalue weighted by molar-refractivity contribution is 0.0831. The summed E-state index contributed by atoms with van der Waals surface area (Å²) < 4.78 is 31.0. The molecule has 0 spiro atoms. The molecular weight excluding hydrogens is 382 g/mol. The van der Waals surface area contributed by atoms with E-state index in [9.17, 15) is 18.0 Å². The molecule has 0 fully saturated rings. The lowest BCUT2D eigenvalue weighted by Gasteiger charge is -2.12. The van der Waals surface area contributed by atoms with Crippen molar-refractivity contribution in [3.63, 3.8) is 0 Å². The highest BCUT2D eigenvalue weighted by atomic mass is 32.2.